The van der Waals surface area contributed by atoms with Crippen LogP contribution >= 0.6 is 24.8 Å². The Hall–Kier alpha value is -3.22. The molecule has 2 aliphatic heterocycles. The van der Waals surface area contributed by atoms with Crippen LogP contribution < -0.4 is 10.6 Å². The smallest absolute Gasteiger partial charge is 0.145 e. The van der Waals surface area contributed by atoms with Crippen molar-refractivity contribution in [1.82, 2.24) is 20.6 Å². The van der Waals surface area contributed by atoms with Crippen LogP contribution in [0, 0.1) is 0 Å². The Morgan fingerprint density at radius 1 is 0.688 bits per heavy atom. The maximum absolute atomic E-state index is 4.51. The molecular formula is C24H24Cl2N6. The minimum absolute atomic E-state index is 0. The van der Waals surface area contributed by atoms with Gasteiger partial charge in [-0.3, -0.25) is 9.98 Å². The Balaban J connectivity index is 0.00000122. The molecule has 0 amide bonds. The van der Waals surface area contributed by atoms with Gasteiger partial charge in [0.2, 0.25) is 0 Å². The van der Waals surface area contributed by atoms with Crippen molar-refractivity contribution in [3.05, 3.63) is 71.0 Å². The molecule has 0 saturated carbocycles. The predicted molar refractivity (Wildman–Crippen MR) is 139 cm³/mol. The van der Waals surface area contributed by atoms with Gasteiger partial charge in [-0.15, -0.1) is 24.8 Å². The van der Waals surface area contributed by atoms with Gasteiger partial charge in [0.05, 0.1) is 18.8 Å². The molecule has 8 heteroatoms. The van der Waals surface area contributed by atoms with Gasteiger partial charge >= 0.3 is 0 Å². The fraction of sp³-hybridized carbons (Fsp3) is 0.167. The summed E-state index contributed by atoms with van der Waals surface area (Å²) >= 11 is 0. The third-order valence-corrected chi connectivity index (χ3v) is 5.62. The molecule has 6 nitrogen and oxygen atoms in total. The van der Waals surface area contributed by atoms with Crippen molar-refractivity contribution in [1.29, 1.82) is 0 Å². The first-order valence-electron chi connectivity index (χ1n) is 10.3. The van der Waals surface area contributed by atoms with Crippen molar-refractivity contribution in [3.63, 3.8) is 0 Å². The van der Waals surface area contributed by atoms with E-state index < -0.39 is 0 Å². The number of halogens is 2. The zero-order chi connectivity index (χ0) is 19.9. The summed E-state index contributed by atoms with van der Waals surface area (Å²) < 4.78 is 0. The maximum atomic E-state index is 4.51. The molecule has 4 aromatic rings. The molecule has 2 aliphatic rings. The molecule has 4 N–H and O–H groups in total. The van der Waals surface area contributed by atoms with Crippen LogP contribution in [0.5, 0.6) is 0 Å². The summed E-state index contributed by atoms with van der Waals surface area (Å²) in [5.41, 5.74) is 6.66. The van der Waals surface area contributed by atoms with Crippen molar-refractivity contribution in [3.8, 4) is 0 Å². The average Bonchev–Trinajstić information content (AvgIpc) is 3.56. The highest BCUT2D eigenvalue weighted by molar-refractivity contribution is 6.03. The Morgan fingerprint density at radius 3 is 2.19 bits per heavy atom. The van der Waals surface area contributed by atoms with Crippen LogP contribution in [0.25, 0.3) is 34.0 Å². The van der Waals surface area contributed by atoms with E-state index >= 15 is 0 Å². The van der Waals surface area contributed by atoms with Crippen LogP contribution in [-0.2, 0) is 0 Å². The van der Waals surface area contributed by atoms with Gasteiger partial charge in [0.25, 0.3) is 0 Å². The van der Waals surface area contributed by atoms with Crippen molar-refractivity contribution in [2.45, 2.75) is 0 Å². The first-order valence-corrected chi connectivity index (χ1v) is 10.3. The zero-order valence-corrected chi connectivity index (χ0v) is 18.9. The molecule has 2 aromatic heterocycles. The fourth-order valence-corrected chi connectivity index (χ4v) is 4.12. The standard InChI is InChI=1S/C24H22N6.2ClH/c1-3-17-13-22(24-27-9-10-28-24)30-20(17)11-15(1)2-6-19-12-16-4-5-18(14-21(16)29-19)23-25-7-8-26-23;;/h1-6,11-14,29-30H,7-10H2,(H,25,26)(H,27,28);2*1H/b6-2+;;. The number of hydrogen-bond acceptors (Lipinski definition) is 4. The Bertz CT molecular complexity index is 1340. The summed E-state index contributed by atoms with van der Waals surface area (Å²) in [5.74, 6) is 1.94. The molecule has 0 bridgehead atoms. The van der Waals surface area contributed by atoms with Crippen LogP contribution in [0.2, 0.25) is 0 Å². The number of nitrogens with one attached hydrogen (secondary N) is 4. The topological polar surface area (TPSA) is 80.4 Å². The molecule has 4 heterocycles. The number of H-pyrrole nitrogens is 2. The quantitative estimate of drug-likeness (QED) is 0.360. The Labute approximate surface area is 198 Å². The lowest BCUT2D eigenvalue weighted by Gasteiger charge is -2.01. The van der Waals surface area contributed by atoms with Crippen molar-refractivity contribution < 1.29 is 0 Å². The Kier molecular flexibility index (Phi) is 6.26. The van der Waals surface area contributed by atoms with Gasteiger partial charge < -0.3 is 20.6 Å². The molecule has 164 valence electrons. The van der Waals surface area contributed by atoms with Crippen LogP contribution in [0.4, 0.5) is 0 Å². The third kappa shape index (κ3) is 4.11. The van der Waals surface area contributed by atoms with E-state index in [1.165, 1.54) is 10.8 Å². The van der Waals surface area contributed by atoms with Gasteiger partial charge in [0, 0.05) is 46.2 Å². The van der Waals surface area contributed by atoms with Gasteiger partial charge in [-0.25, -0.2) is 0 Å². The van der Waals surface area contributed by atoms with Crippen molar-refractivity contribution in [2.24, 2.45) is 9.98 Å². The van der Waals surface area contributed by atoms with E-state index in [9.17, 15) is 0 Å². The van der Waals surface area contributed by atoms with Gasteiger partial charge in [-0.1, -0.05) is 30.3 Å². The Morgan fingerprint density at radius 2 is 1.41 bits per heavy atom. The van der Waals surface area contributed by atoms with E-state index in [2.05, 4.69) is 91.3 Å². The lowest BCUT2D eigenvalue weighted by Crippen LogP contribution is -2.19. The summed E-state index contributed by atoms with van der Waals surface area (Å²) in [5, 5.41) is 9.05. The lowest BCUT2D eigenvalue weighted by atomic mass is 10.1. The second kappa shape index (κ2) is 9.10. The number of benzene rings is 2. The zero-order valence-electron chi connectivity index (χ0n) is 17.3. The van der Waals surface area contributed by atoms with Crippen molar-refractivity contribution in [2.75, 3.05) is 26.2 Å². The summed E-state index contributed by atoms with van der Waals surface area (Å²) in [4.78, 5) is 16.0. The minimum atomic E-state index is 0. The molecule has 6 rings (SSSR count). The number of aromatic nitrogens is 2. The monoisotopic (exact) mass is 466 g/mol. The van der Waals surface area contributed by atoms with E-state index in [0.717, 1.165) is 71.4 Å². The fourth-order valence-electron chi connectivity index (χ4n) is 4.12. The summed E-state index contributed by atoms with van der Waals surface area (Å²) in [7, 11) is 0. The molecule has 0 spiro atoms. The third-order valence-electron chi connectivity index (χ3n) is 5.62. The minimum Gasteiger partial charge on any atom is -0.368 e. The molecule has 0 atom stereocenters. The van der Waals surface area contributed by atoms with Crippen LogP contribution in [-0.4, -0.2) is 47.8 Å². The van der Waals surface area contributed by atoms with E-state index in [0.29, 0.717) is 0 Å². The van der Waals surface area contributed by atoms with Gasteiger partial charge in [-0.05, 0) is 35.9 Å². The molecular weight excluding hydrogens is 443 g/mol. The second-order valence-electron chi connectivity index (χ2n) is 7.70. The molecule has 0 saturated heterocycles. The number of hydrogen-bond donors (Lipinski definition) is 4. The lowest BCUT2D eigenvalue weighted by molar-refractivity contribution is 0.959. The molecule has 2 aromatic carbocycles. The molecule has 0 fully saturated rings. The first-order chi connectivity index (χ1) is 14.8. The number of aromatic amines is 2. The molecule has 0 radical (unpaired) electrons. The van der Waals surface area contributed by atoms with Crippen molar-refractivity contribution >= 4 is 70.4 Å². The summed E-state index contributed by atoms with van der Waals surface area (Å²) in [6, 6.07) is 17.2. The average molecular weight is 467 g/mol. The van der Waals surface area contributed by atoms with E-state index in [1.807, 2.05) is 0 Å². The normalized spacial score (nSPS) is 15.2. The number of nitrogens with zero attached hydrogens (tertiary/aromatic N) is 2. The first kappa shape index (κ1) is 22.0. The highest BCUT2D eigenvalue weighted by atomic mass is 35.5. The maximum Gasteiger partial charge on any atom is 0.145 e. The van der Waals surface area contributed by atoms with Crippen LogP contribution in [0.15, 0.2) is 58.5 Å². The predicted octanol–water partition coefficient (Wildman–Crippen LogP) is 4.36. The number of rotatable bonds is 4. The van der Waals surface area contributed by atoms with Gasteiger partial charge in [0.1, 0.15) is 11.7 Å². The molecule has 0 aliphatic carbocycles. The second-order valence-corrected chi connectivity index (χ2v) is 7.70. The highest BCUT2D eigenvalue weighted by Crippen LogP contribution is 2.22. The number of fused-ring (bicyclic) bond motifs is 2. The number of amidine groups is 2. The highest BCUT2D eigenvalue weighted by Gasteiger charge is 2.11. The van der Waals surface area contributed by atoms with Gasteiger partial charge in [0.15, 0.2) is 0 Å². The molecule has 32 heavy (non-hydrogen) atoms. The summed E-state index contributed by atoms with van der Waals surface area (Å²) in [6.07, 6.45) is 4.26. The van der Waals surface area contributed by atoms with Gasteiger partial charge in [-0.2, -0.15) is 0 Å². The largest absolute Gasteiger partial charge is 0.368 e. The molecule has 0 unspecified atom stereocenters. The SMILES string of the molecule is C(=C\c1cc2ccc(C3=NCCN3)cc2[nH]1)/c1ccc2cc(C3=NCCN3)[nH]c2c1.Cl.Cl. The van der Waals surface area contributed by atoms with E-state index in [-0.39, 0.29) is 24.8 Å². The van der Waals surface area contributed by atoms with Crippen LogP contribution in [0.3, 0.4) is 0 Å². The number of aliphatic imine (C=N–C) groups is 2. The summed E-state index contributed by atoms with van der Waals surface area (Å²) in [6.45, 7) is 3.53. The van der Waals surface area contributed by atoms with E-state index in [4.69, 9.17) is 0 Å². The van der Waals surface area contributed by atoms with E-state index in [1.54, 1.807) is 0 Å². The van der Waals surface area contributed by atoms with Crippen LogP contribution in [0.1, 0.15) is 22.5 Å².